The standard InChI is InChI=1S/C24H27NO5/c1-6-29-21(26)24(28,17-13-11-16(2)12-14-17)19-15-25(22(27)30-23(3,4)5)20-10-8-7-9-18(19)20/h7-15,28H,6H2,1-5H3/t24-/m1/s1. The number of esters is 1. The van der Waals surface area contributed by atoms with E-state index in [1.54, 1.807) is 64.1 Å². The van der Waals surface area contributed by atoms with Crippen molar-refractivity contribution in [3.8, 4) is 0 Å². The number of rotatable bonds is 4. The Hall–Kier alpha value is -3.12. The molecule has 1 heterocycles. The minimum Gasteiger partial charge on any atom is -0.463 e. The smallest absolute Gasteiger partial charge is 0.419 e. The van der Waals surface area contributed by atoms with Gasteiger partial charge in [0.25, 0.3) is 0 Å². The van der Waals surface area contributed by atoms with Crippen molar-refractivity contribution in [3.63, 3.8) is 0 Å². The van der Waals surface area contributed by atoms with Crippen LogP contribution in [0.4, 0.5) is 4.79 Å². The lowest BCUT2D eigenvalue weighted by Crippen LogP contribution is -2.38. The van der Waals surface area contributed by atoms with Gasteiger partial charge in [0.05, 0.1) is 12.1 Å². The lowest BCUT2D eigenvalue weighted by Gasteiger charge is -2.26. The van der Waals surface area contributed by atoms with Crippen LogP contribution in [0, 0.1) is 6.92 Å². The fraction of sp³-hybridized carbons (Fsp3) is 0.333. The Labute approximate surface area is 176 Å². The summed E-state index contributed by atoms with van der Waals surface area (Å²) in [6, 6.07) is 14.1. The first kappa shape index (κ1) is 21.6. The van der Waals surface area contributed by atoms with Crippen LogP contribution in [0.5, 0.6) is 0 Å². The van der Waals surface area contributed by atoms with Crippen molar-refractivity contribution in [1.29, 1.82) is 0 Å². The van der Waals surface area contributed by atoms with Crippen LogP contribution in [0.15, 0.2) is 54.7 Å². The minimum atomic E-state index is -2.09. The van der Waals surface area contributed by atoms with E-state index in [1.165, 1.54) is 10.8 Å². The van der Waals surface area contributed by atoms with Crippen molar-refractivity contribution in [2.75, 3.05) is 6.61 Å². The summed E-state index contributed by atoms with van der Waals surface area (Å²) in [5, 5.41) is 12.3. The third kappa shape index (κ3) is 3.96. The number of fused-ring (bicyclic) bond motifs is 1. The van der Waals surface area contributed by atoms with Crippen molar-refractivity contribution in [1.82, 2.24) is 4.57 Å². The van der Waals surface area contributed by atoms with E-state index in [0.717, 1.165) is 5.56 Å². The normalized spacial score (nSPS) is 13.7. The maximum absolute atomic E-state index is 13.0. The van der Waals surface area contributed by atoms with Gasteiger partial charge in [0.2, 0.25) is 5.60 Å². The number of hydrogen-bond donors (Lipinski definition) is 1. The summed E-state index contributed by atoms with van der Waals surface area (Å²) in [5.74, 6) is -0.805. The second-order valence-corrected chi connectivity index (χ2v) is 8.21. The molecule has 0 amide bonds. The van der Waals surface area contributed by atoms with E-state index >= 15 is 0 Å². The zero-order chi connectivity index (χ0) is 22.1. The van der Waals surface area contributed by atoms with Crippen LogP contribution >= 0.6 is 0 Å². The molecule has 30 heavy (non-hydrogen) atoms. The summed E-state index contributed by atoms with van der Waals surface area (Å²) in [6.45, 7) is 9.03. The molecule has 0 saturated heterocycles. The third-order valence-corrected chi connectivity index (χ3v) is 4.73. The van der Waals surface area contributed by atoms with Crippen LogP contribution < -0.4 is 0 Å². The monoisotopic (exact) mass is 409 g/mol. The van der Waals surface area contributed by atoms with Crippen molar-refractivity contribution >= 4 is 23.0 Å². The van der Waals surface area contributed by atoms with Crippen molar-refractivity contribution < 1.29 is 24.2 Å². The van der Waals surface area contributed by atoms with E-state index in [1.807, 2.05) is 19.1 Å². The van der Waals surface area contributed by atoms with Gasteiger partial charge in [-0.05, 0) is 46.2 Å². The molecule has 158 valence electrons. The number of aromatic nitrogens is 1. The molecule has 0 aliphatic heterocycles. The molecular formula is C24H27NO5. The molecule has 1 atom stereocenters. The molecule has 3 aromatic rings. The predicted molar refractivity (Wildman–Crippen MR) is 114 cm³/mol. The average molecular weight is 409 g/mol. The third-order valence-electron chi connectivity index (χ3n) is 4.73. The van der Waals surface area contributed by atoms with E-state index in [4.69, 9.17) is 9.47 Å². The van der Waals surface area contributed by atoms with Crippen LogP contribution in [-0.4, -0.2) is 33.9 Å². The van der Waals surface area contributed by atoms with Crippen molar-refractivity contribution in [2.24, 2.45) is 0 Å². The molecule has 1 aromatic heterocycles. The van der Waals surface area contributed by atoms with Crippen LogP contribution in [0.2, 0.25) is 0 Å². The zero-order valence-corrected chi connectivity index (χ0v) is 17.9. The highest BCUT2D eigenvalue weighted by Gasteiger charge is 2.44. The number of carbonyl (C=O) groups is 2. The first-order valence-corrected chi connectivity index (χ1v) is 9.88. The SMILES string of the molecule is CCOC(=O)[C@@](O)(c1ccc(C)cc1)c1cn(C(=O)OC(C)(C)C)c2ccccc12. The number of hydrogen-bond acceptors (Lipinski definition) is 5. The average Bonchev–Trinajstić information content (AvgIpc) is 3.07. The van der Waals surface area contributed by atoms with Gasteiger partial charge >= 0.3 is 12.1 Å². The lowest BCUT2D eigenvalue weighted by atomic mass is 9.85. The summed E-state index contributed by atoms with van der Waals surface area (Å²) in [5.41, 5.74) is -0.657. The maximum Gasteiger partial charge on any atom is 0.419 e. The van der Waals surface area contributed by atoms with Gasteiger partial charge < -0.3 is 14.6 Å². The molecule has 3 rings (SSSR count). The minimum absolute atomic E-state index is 0.109. The molecule has 0 bridgehead atoms. The van der Waals surface area contributed by atoms with Crippen LogP contribution in [-0.2, 0) is 19.9 Å². The fourth-order valence-corrected chi connectivity index (χ4v) is 3.34. The highest BCUT2D eigenvalue weighted by molar-refractivity contribution is 5.98. The van der Waals surface area contributed by atoms with Crippen molar-refractivity contribution in [2.45, 2.75) is 45.8 Å². The molecule has 0 aliphatic carbocycles. The Morgan fingerprint density at radius 3 is 2.27 bits per heavy atom. The van der Waals surface area contributed by atoms with Gasteiger partial charge in [0.1, 0.15) is 5.60 Å². The van der Waals surface area contributed by atoms with Gasteiger partial charge in [0, 0.05) is 17.1 Å². The number of carbonyl (C=O) groups excluding carboxylic acids is 2. The van der Waals surface area contributed by atoms with E-state index in [9.17, 15) is 14.7 Å². The van der Waals surface area contributed by atoms with E-state index in [-0.39, 0.29) is 12.2 Å². The molecule has 6 nitrogen and oxygen atoms in total. The predicted octanol–water partition coefficient (Wildman–Crippen LogP) is 4.53. The molecule has 0 saturated carbocycles. The van der Waals surface area contributed by atoms with E-state index in [0.29, 0.717) is 16.5 Å². The molecule has 6 heteroatoms. The molecule has 0 fully saturated rings. The van der Waals surface area contributed by atoms with Gasteiger partial charge in [-0.2, -0.15) is 0 Å². The maximum atomic E-state index is 13.0. The summed E-state index contributed by atoms with van der Waals surface area (Å²) in [4.78, 5) is 25.8. The topological polar surface area (TPSA) is 77.8 Å². The fourth-order valence-electron chi connectivity index (χ4n) is 3.34. The first-order valence-electron chi connectivity index (χ1n) is 9.88. The van der Waals surface area contributed by atoms with Crippen LogP contribution in [0.1, 0.15) is 44.4 Å². The highest BCUT2D eigenvalue weighted by atomic mass is 16.6. The van der Waals surface area contributed by atoms with E-state index < -0.39 is 23.3 Å². The Morgan fingerprint density at radius 1 is 1.03 bits per heavy atom. The number of aliphatic hydroxyl groups is 1. The lowest BCUT2D eigenvalue weighted by molar-refractivity contribution is -0.161. The quantitative estimate of drug-likeness (QED) is 0.641. The summed E-state index contributed by atoms with van der Waals surface area (Å²) >= 11 is 0. The Morgan fingerprint density at radius 2 is 1.67 bits per heavy atom. The Kier molecular flexibility index (Phi) is 5.72. The summed E-state index contributed by atoms with van der Waals surface area (Å²) in [6.07, 6.45) is 0.857. The number of benzene rings is 2. The largest absolute Gasteiger partial charge is 0.463 e. The Bertz CT molecular complexity index is 1080. The molecule has 0 aliphatic rings. The van der Waals surface area contributed by atoms with Crippen LogP contribution in [0.3, 0.4) is 0 Å². The second kappa shape index (κ2) is 7.95. The summed E-state index contributed by atoms with van der Waals surface area (Å²) < 4.78 is 12.1. The molecular weight excluding hydrogens is 382 g/mol. The van der Waals surface area contributed by atoms with Gasteiger partial charge in [-0.1, -0.05) is 48.0 Å². The van der Waals surface area contributed by atoms with Gasteiger partial charge in [-0.15, -0.1) is 0 Å². The number of ether oxygens (including phenoxy) is 2. The van der Waals surface area contributed by atoms with Crippen LogP contribution in [0.25, 0.3) is 10.9 Å². The molecule has 2 aromatic carbocycles. The summed E-state index contributed by atoms with van der Waals surface area (Å²) in [7, 11) is 0. The van der Waals surface area contributed by atoms with Gasteiger partial charge in [-0.3, -0.25) is 4.57 Å². The Balaban J connectivity index is 2.26. The van der Waals surface area contributed by atoms with Gasteiger partial charge in [0.15, 0.2) is 0 Å². The number of nitrogens with zero attached hydrogens (tertiary/aromatic N) is 1. The number of aryl methyl sites for hydroxylation is 1. The molecule has 0 radical (unpaired) electrons. The van der Waals surface area contributed by atoms with E-state index in [2.05, 4.69) is 0 Å². The van der Waals surface area contributed by atoms with Crippen molar-refractivity contribution in [3.05, 3.63) is 71.4 Å². The molecule has 0 spiro atoms. The molecule has 1 N–H and O–H groups in total. The number of para-hydroxylation sites is 1. The first-order chi connectivity index (χ1) is 14.1. The molecule has 0 unspecified atom stereocenters. The van der Waals surface area contributed by atoms with Gasteiger partial charge in [-0.25, -0.2) is 9.59 Å². The second-order valence-electron chi connectivity index (χ2n) is 8.21. The highest BCUT2D eigenvalue weighted by Crippen LogP contribution is 2.37. The zero-order valence-electron chi connectivity index (χ0n) is 17.9.